The van der Waals surface area contributed by atoms with Crippen LogP contribution in [0.4, 0.5) is 0 Å². The lowest BCUT2D eigenvalue weighted by molar-refractivity contribution is 0.0666. The van der Waals surface area contributed by atoms with Crippen LogP contribution < -0.4 is 14.2 Å². The Balaban J connectivity index is 1.51. The second kappa shape index (κ2) is 13.9. The van der Waals surface area contributed by atoms with E-state index >= 15 is 0 Å². The van der Waals surface area contributed by atoms with Gasteiger partial charge >= 0.3 is 0 Å². The van der Waals surface area contributed by atoms with Crippen LogP contribution in [0, 0.1) is 0 Å². The Kier molecular flexibility index (Phi) is 10.1. The number of rotatable bonds is 12. The lowest BCUT2D eigenvalue weighted by Crippen LogP contribution is -2.46. The van der Waals surface area contributed by atoms with Gasteiger partial charge in [-0.15, -0.1) is 0 Å². The van der Waals surface area contributed by atoms with Crippen LogP contribution in [0.3, 0.4) is 0 Å². The van der Waals surface area contributed by atoms with Crippen molar-refractivity contribution in [2.75, 3.05) is 33.9 Å². The molecule has 0 saturated carbocycles. The fraction of sp³-hybridized carbons (Fsp3) is 0.432. The van der Waals surface area contributed by atoms with Crippen molar-refractivity contribution in [1.29, 1.82) is 0 Å². The molecule has 0 spiro atoms. The molecule has 1 aliphatic rings. The molecule has 1 aliphatic heterocycles. The number of amides is 1. The number of aromatic nitrogens is 3. The predicted molar refractivity (Wildman–Crippen MR) is 188 cm³/mol. The summed E-state index contributed by atoms with van der Waals surface area (Å²) in [5.74, 6) is 1.87. The second-order valence-corrected chi connectivity index (χ2v) is 18.6. The van der Waals surface area contributed by atoms with Crippen molar-refractivity contribution < 1.29 is 23.4 Å². The summed E-state index contributed by atoms with van der Waals surface area (Å²) < 4.78 is 26.3. The van der Waals surface area contributed by atoms with E-state index < -0.39 is 8.32 Å². The van der Waals surface area contributed by atoms with Crippen molar-refractivity contribution in [3.05, 3.63) is 77.7 Å². The van der Waals surface area contributed by atoms with Crippen LogP contribution in [0.1, 0.15) is 62.2 Å². The average Bonchev–Trinajstić information content (AvgIpc) is 3.45. The van der Waals surface area contributed by atoms with Crippen molar-refractivity contribution in [2.45, 2.75) is 71.8 Å². The highest BCUT2D eigenvalue weighted by molar-refractivity contribution is 6.74. The number of hydrogen-bond donors (Lipinski definition) is 0. The van der Waals surface area contributed by atoms with Gasteiger partial charge in [-0.3, -0.25) is 14.5 Å². The minimum Gasteiger partial charge on any atom is -0.493 e. The Morgan fingerprint density at radius 3 is 2.13 bits per heavy atom. The molecular weight excluding hydrogens is 609 g/mol. The number of carbonyl (C=O) groups excluding carboxylic acids is 1. The minimum atomic E-state index is -1.95. The summed E-state index contributed by atoms with van der Waals surface area (Å²) in [5.41, 5.74) is 5.85. The van der Waals surface area contributed by atoms with E-state index in [1.807, 2.05) is 33.8 Å². The van der Waals surface area contributed by atoms with Crippen LogP contribution in [0.25, 0.3) is 22.4 Å². The topological polar surface area (TPSA) is 87.9 Å². The number of benzene rings is 2. The SMILES string of the molecule is COc1cc(-c2c(-c3ccncc3)nn3c2C(=O)N(CCO[Si](C)(C)C(C)(C)C)CC3)cc(OC)c1OCc1ccc(C(C)C)cc1. The third-order valence-electron chi connectivity index (χ3n) is 9.39. The average molecular weight is 657 g/mol. The number of carbonyl (C=O) groups is 1. The molecule has 0 radical (unpaired) electrons. The fourth-order valence-corrected chi connectivity index (χ4v) is 6.49. The molecule has 10 heteroatoms. The van der Waals surface area contributed by atoms with Gasteiger partial charge in [0.25, 0.3) is 5.91 Å². The molecule has 9 nitrogen and oxygen atoms in total. The van der Waals surface area contributed by atoms with Crippen LogP contribution in [0.15, 0.2) is 60.9 Å². The molecular formula is C37H48N4O5Si. The zero-order valence-electron chi connectivity index (χ0n) is 29.2. The van der Waals surface area contributed by atoms with Crippen molar-refractivity contribution in [3.8, 4) is 39.6 Å². The van der Waals surface area contributed by atoms with Crippen LogP contribution in [0.2, 0.25) is 18.1 Å². The first kappa shape index (κ1) is 34.2. The lowest BCUT2D eigenvalue weighted by atomic mass is 9.97. The molecule has 0 bridgehead atoms. The van der Waals surface area contributed by atoms with Crippen molar-refractivity contribution in [1.82, 2.24) is 19.7 Å². The molecule has 2 aromatic carbocycles. The monoisotopic (exact) mass is 656 g/mol. The zero-order chi connectivity index (χ0) is 33.9. The summed E-state index contributed by atoms with van der Waals surface area (Å²) in [5, 5.41) is 5.06. The molecule has 250 valence electrons. The molecule has 2 aromatic heterocycles. The molecule has 5 rings (SSSR count). The summed E-state index contributed by atoms with van der Waals surface area (Å²) in [6.45, 7) is 18.0. The Morgan fingerprint density at radius 2 is 1.55 bits per heavy atom. The maximum absolute atomic E-state index is 14.2. The smallest absolute Gasteiger partial charge is 0.272 e. The third kappa shape index (κ3) is 7.23. The highest BCUT2D eigenvalue weighted by Crippen LogP contribution is 2.45. The van der Waals surface area contributed by atoms with E-state index in [2.05, 4.69) is 77.0 Å². The molecule has 0 N–H and O–H groups in total. The molecule has 1 amide bonds. The summed E-state index contributed by atoms with van der Waals surface area (Å²) in [7, 11) is 1.26. The first-order valence-corrected chi connectivity index (χ1v) is 19.2. The molecule has 47 heavy (non-hydrogen) atoms. The number of methoxy groups -OCH3 is 2. The molecule has 0 unspecified atom stereocenters. The van der Waals surface area contributed by atoms with Gasteiger partial charge in [0.15, 0.2) is 19.8 Å². The Morgan fingerprint density at radius 1 is 0.915 bits per heavy atom. The number of ether oxygens (including phenoxy) is 3. The third-order valence-corrected chi connectivity index (χ3v) is 13.9. The van der Waals surface area contributed by atoms with Crippen LogP contribution in [-0.4, -0.2) is 67.8 Å². The minimum absolute atomic E-state index is 0.0824. The lowest BCUT2D eigenvalue weighted by Gasteiger charge is -2.37. The summed E-state index contributed by atoms with van der Waals surface area (Å²) >= 11 is 0. The fourth-order valence-electron chi connectivity index (χ4n) is 5.45. The molecule has 0 aliphatic carbocycles. The molecule has 3 heterocycles. The second-order valence-electron chi connectivity index (χ2n) is 13.8. The molecule has 0 atom stereocenters. The summed E-state index contributed by atoms with van der Waals surface area (Å²) in [4.78, 5) is 20.3. The van der Waals surface area contributed by atoms with Gasteiger partial charge < -0.3 is 23.5 Å². The largest absolute Gasteiger partial charge is 0.493 e. The predicted octanol–water partition coefficient (Wildman–Crippen LogP) is 7.81. The van der Waals surface area contributed by atoms with Gasteiger partial charge in [0.1, 0.15) is 18.0 Å². The highest BCUT2D eigenvalue weighted by Gasteiger charge is 2.38. The van der Waals surface area contributed by atoms with Gasteiger partial charge in [0, 0.05) is 36.6 Å². The van der Waals surface area contributed by atoms with Crippen molar-refractivity contribution >= 4 is 14.2 Å². The molecule has 0 fully saturated rings. The van der Waals surface area contributed by atoms with Crippen LogP contribution in [-0.2, 0) is 17.6 Å². The number of fused-ring (bicyclic) bond motifs is 1. The quantitative estimate of drug-likeness (QED) is 0.144. The van der Waals surface area contributed by atoms with Gasteiger partial charge in [0.2, 0.25) is 5.75 Å². The van der Waals surface area contributed by atoms with E-state index in [1.54, 1.807) is 26.6 Å². The van der Waals surface area contributed by atoms with E-state index in [0.717, 1.165) is 16.7 Å². The highest BCUT2D eigenvalue weighted by atomic mass is 28.4. The van der Waals surface area contributed by atoms with Gasteiger partial charge in [-0.25, -0.2) is 0 Å². The summed E-state index contributed by atoms with van der Waals surface area (Å²) in [6.07, 6.45) is 3.46. The molecule has 0 saturated heterocycles. The van der Waals surface area contributed by atoms with Gasteiger partial charge in [0.05, 0.1) is 27.4 Å². The van der Waals surface area contributed by atoms with Crippen molar-refractivity contribution in [2.24, 2.45) is 0 Å². The maximum atomic E-state index is 14.2. The Hall–Kier alpha value is -4.15. The number of pyridine rings is 1. The normalized spacial score (nSPS) is 13.6. The Bertz CT molecular complexity index is 1670. The van der Waals surface area contributed by atoms with E-state index in [1.165, 1.54) is 5.56 Å². The van der Waals surface area contributed by atoms with Gasteiger partial charge in [-0.1, -0.05) is 58.9 Å². The van der Waals surface area contributed by atoms with Gasteiger partial charge in [-0.05, 0) is 65.0 Å². The standard InChI is InChI=1S/C37H48N4O5Si/c1-25(2)27-12-10-26(11-13-27)24-45-35-30(43-6)22-29(23-31(35)44-7)32-33(28-14-16-38-17-15-28)39-41-19-18-40(36(42)34(32)41)20-21-46-47(8,9)37(3,4)5/h10-17,22-23,25H,18-21,24H2,1-9H3. The van der Waals surface area contributed by atoms with Crippen LogP contribution >= 0.6 is 0 Å². The first-order valence-electron chi connectivity index (χ1n) is 16.3. The van der Waals surface area contributed by atoms with E-state index in [4.69, 9.17) is 23.7 Å². The van der Waals surface area contributed by atoms with Crippen LogP contribution in [0.5, 0.6) is 17.2 Å². The first-order chi connectivity index (χ1) is 22.3. The molecule has 4 aromatic rings. The van der Waals surface area contributed by atoms with E-state index in [-0.39, 0.29) is 10.9 Å². The number of hydrogen-bond acceptors (Lipinski definition) is 7. The van der Waals surface area contributed by atoms with Crippen molar-refractivity contribution in [3.63, 3.8) is 0 Å². The van der Waals surface area contributed by atoms with Gasteiger partial charge in [-0.2, -0.15) is 5.10 Å². The zero-order valence-corrected chi connectivity index (χ0v) is 30.2. The number of nitrogens with zero attached hydrogens (tertiary/aromatic N) is 4. The maximum Gasteiger partial charge on any atom is 0.272 e. The Labute approximate surface area is 280 Å². The summed E-state index contributed by atoms with van der Waals surface area (Å²) in [6, 6.07) is 16.0. The van der Waals surface area contributed by atoms with E-state index in [9.17, 15) is 4.79 Å². The van der Waals surface area contributed by atoms with E-state index in [0.29, 0.717) is 73.0 Å².